The van der Waals surface area contributed by atoms with Crippen LogP contribution >= 0.6 is 31.9 Å². The van der Waals surface area contributed by atoms with Gasteiger partial charge in [0.15, 0.2) is 0 Å². The maximum Gasteiger partial charge on any atom is 0.0260 e. The minimum Gasteiger partial charge on any atom is -0.0622 e. The molecule has 0 spiro atoms. The first-order chi connectivity index (χ1) is 11.7. The summed E-state index contributed by atoms with van der Waals surface area (Å²) in [7, 11) is 0. The standard InChI is InChI=1S/C22H12Br2/c23-18-10-8-15-12-17(13-4-2-1-3-5-13)22-19(24)11-7-14-6-9-16(18)20(15)21(14)22/h1-12H. The van der Waals surface area contributed by atoms with Crippen molar-refractivity contribution in [1.82, 2.24) is 0 Å². The largest absolute Gasteiger partial charge is 0.0622 e. The van der Waals surface area contributed by atoms with Gasteiger partial charge in [-0.25, -0.2) is 0 Å². The van der Waals surface area contributed by atoms with Gasteiger partial charge in [0.1, 0.15) is 0 Å². The van der Waals surface area contributed by atoms with Gasteiger partial charge in [0.05, 0.1) is 0 Å². The van der Waals surface area contributed by atoms with Gasteiger partial charge in [0, 0.05) is 14.3 Å². The molecule has 0 aliphatic rings. The summed E-state index contributed by atoms with van der Waals surface area (Å²) in [6.07, 6.45) is 0. The summed E-state index contributed by atoms with van der Waals surface area (Å²) >= 11 is 7.51. The van der Waals surface area contributed by atoms with Crippen LogP contribution in [0.5, 0.6) is 0 Å². The zero-order chi connectivity index (χ0) is 16.3. The molecular formula is C22H12Br2. The van der Waals surface area contributed by atoms with E-state index in [-0.39, 0.29) is 0 Å². The van der Waals surface area contributed by atoms with Gasteiger partial charge >= 0.3 is 0 Å². The van der Waals surface area contributed by atoms with Crippen LogP contribution in [0.25, 0.3) is 43.4 Å². The smallest absolute Gasteiger partial charge is 0.0260 e. The van der Waals surface area contributed by atoms with Crippen molar-refractivity contribution < 1.29 is 0 Å². The van der Waals surface area contributed by atoms with Gasteiger partial charge in [0.2, 0.25) is 0 Å². The van der Waals surface area contributed by atoms with E-state index in [9.17, 15) is 0 Å². The Bertz CT molecular complexity index is 1210. The van der Waals surface area contributed by atoms with Crippen LogP contribution in [0.1, 0.15) is 0 Å². The molecule has 114 valence electrons. The zero-order valence-corrected chi connectivity index (χ0v) is 15.9. The van der Waals surface area contributed by atoms with Gasteiger partial charge in [-0.05, 0) is 56.3 Å². The highest BCUT2D eigenvalue weighted by Crippen LogP contribution is 2.44. The molecule has 0 amide bonds. The van der Waals surface area contributed by atoms with E-state index in [1.54, 1.807) is 0 Å². The average molecular weight is 436 g/mol. The Morgan fingerprint density at radius 1 is 0.542 bits per heavy atom. The van der Waals surface area contributed by atoms with Gasteiger partial charge in [-0.1, -0.05) is 86.5 Å². The molecule has 0 bridgehead atoms. The summed E-state index contributed by atoms with van der Waals surface area (Å²) < 4.78 is 2.29. The molecule has 0 N–H and O–H groups in total. The van der Waals surface area contributed by atoms with E-state index in [1.165, 1.54) is 43.4 Å². The molecule has 0 aliphatic heterocycles. The van der Waals surface area contributed by atoms with Gasteiger partial charge in [-0.3, -0.25) is 0 Å². The molecule has 5 aromatic rings. The number of hydrogen-bond donors (Lipinski definition) is 0. The molecule has 0 nitrogen and oxygen atoms in total. The molecule has 0 atom stereocenters. The Labute approximate surface area is 156 Å². The van der Waals surface area contributed by atoms with Gasteiger partial charge in [0.25, 0.3) is 0 Å². The van der Waals surface area contributed by atoms with Crippen LogP contribution in [0.4, 0.5) is 0 Å². The van der Waals surface area contributed by atoms with Crippen LogP contribution in [0.3, 0.4) is 0 Å². The van der Waals surface area contributed by atoms with Crippen LogP contribution in [0.2, 0.25) is 0 Å². The molecule has 0 saturated carbocycles. The van der Waals surface area contributed by atoms with Crippen LogP contribution < -0.4 is 0 Å². The van der Waals surface area contributed by atoms with E-state index in [1.807, 2.05) is 0 Å². The highest BCUT2D eigenvalue weighted by atomic mass is 79.9. The molecular weight excluding hydrogens is 424 g/mol. The van der Waals surface area contributed by atoms with Crippen molar-refractivity contribution in [3.05, 3.63) is 81.7 Å². The topological polar surface area (TPSA) is 0 Å². The summed E-state index contributed by atoms with van der Waals surface area (Å²) in [6, 6.07) is 26.1. The SMILES string of the molecule is Brc1ccc2cc(-c3ccccc3)c3c(Br)ccc4ccc1c2c43. The summed E-state index contributed by atoms with van der Waals surface area (Å²) in [5, 5.41) is 7.78. The lowest BCUT2D eigenvalue weighted by Gasteiger charge is -2.17. The normalized spacial score (nSPS) is 11.8. The van der Waals surface area contributed by atoms with Gasteiger partial charge < -0.3 is 0 Å². The quantitative estimate of drug-likeness (QED) is 0.236. The molecule has 5 rings (SSSR count). The van der Waals surface area contributed by atoms with E-state index in [0.717, 1.165) is 8.95 Å². The van der Waals surface area contributed by atoms with Crippen molar-refractivity contribution in [2.75, 3.05) is 0 Å². The molecule has 5 aromatic carbocycles. The molecule has 24 heavy (non-hydrogen) atoms. The van der Waals surface area contributed by atoms with Crippen LogP contribution in [0.15, 0.2) is 81.7 Å². The van der Waals surface area contributed by atoms with E-state index in [4.69, 9.17) is 0 Å². The average Bonchev–Trinajstić information content (AvgIpc) is 2.63. The second kappa shape index (κ2) is 5.30. The van der Waals surface area contributed by atoms with Crippen LogP contribution in [0, 0.1) is 0 Å². The Kier molecular flexibility index (Phi) is 3.19. The predicted molar refractivity (Wildman–Crippen MR) is 111 cm³/mol. The van der Waals surface area contributed by atoms with Crippen molar-refractivity contribution >= 4 is 64.2 Å². The Balaban J connectivity index is 2.10. The lowest BCUT2D eigenvalue weighted by Crippen LogP contribution is -1.89. The number of halogens is 2. The molecule has 0 radical (unpaired) electrons. The van der Waals surface area contributed by atoms with Crippen molar-refractivity contribution in [3.8, 4) is 11.1 Å². The van der Waals surface area contributed by atoms with Crippen molar-refractivity contribution in [1.29, 1.82) is 0 Å². The van der Waals surface area contributed by atoms with E-state index < -0.39 is 0 Å². The second-order valence-electron chi connectivity index (χ2n) is 6.07. The fourth-order valence-corrected chi connectivity index (χ4v) is 4.69. The minimum atomic E-state index is 1.14. The summed E-state index contributed by atoms with van der Waals surface area (Å²) in [5.41, 5.74) is 2.52. The molecule has 2 heteroatoms. The number of benzene rings is 5. The highest BCUT2D eigenvalue weighted by molar-refractivity contribution is 9.11. The summed E-state index contributed by atoms with van der Waals surface area (Å²) in [4.78, 5) is 0. The van der Waals surface area contributed by atoms with E-state index >= 15 is 0 Å². The summed E-state index contributed by atoms with van der Waals surface area (Å²) in [6.45, 7) is 0. The Morgan fingerprint density at radius 2 is 1.25 bits per heavy atom. The third kappa shape index (κ3) is 1.96. The molecule has 0 aromatic heterocycles. The maximum atomic E-state index is 3.80. The molecule has 0 heterocycles. The predicted octanol–water partition coefficient (Wildman–Crippen LogP) is 7.78. The van der Waals surface area contributed by atoms with Crippen molar-refractivity contribution in [3.63, 3.8) is 0 Å². The Morgan fingerprint density at radius 3 is 2.08 bits per heavy atom. The molecule has 0 unspecified atom stereocenters. The third-order valence-electron chi connectivity index (χ3n) is 4.74. The van der Waals surface area contributed by atoms with Crippen molar-refractivity contribution in [2.45, 2.75) is 0 Å². The molecule has 0 fully saturated rings. The Hall–Kier alpha value is -1.90. The highest BCUT2D eigenvalue weighted by Gasteiger charge is 2.16. The first-order valence-electron chi connectivity index (χ1n) is 7.85. The number of rotatable bonds is 1. The first-order valence-corrected chi connectivity index (χ1v) is 9.43. The van der Waals surface area contributed by atoms with E-state index in [2.05, 4.69) is 105 Å². The minimum absolute atomic E-state index is 1.14. The fraction of sp³-hybridized carbons (Fsp3) is 0. The zero-order valence-electron chi connectivity index (χ0n) is 12.7. The second-order valence-corrected chi connectivity index (χ2v) is 7.78. The molecule has 0 aliphatic carbocycles. The third-order valence-corrected chi connectivity index (χ3v) is 6.10. The van der Waals surface area contributed by atoms with Crippen LogP contribution in [-0.4, -0.2) is 0 Å². The summed E-state index contributed by atoms with van der Waals surface area (Å²) in [5.74, 6) is 0. The monoisotopic (exact) mass is 434 g/mol. The van der Waals surface area contributed by atoms with Gasteiger partial charge in [-0.2, -0.15) is 0 Å². The first kappa shape index (κ1) is 14.4. The van der Waals surface area contributed by atoms with Crippen molar-refractivity contribution in [2.24, 2.45) is 0 Å². The lowest BCUT2D eigenvalue weighted by molar-refractivity contribution is 1.66. The van der Waals surface area contributed by atoms with Crippen LogP contribution in [-0.2, 0) is 0 Å². The van der Waals surface area contributed by atoms with Gasteiger partial charge in [-0.15, -0.1) is 0 Å². The van der Waals surface area contributed by atoms with E-state index in [0.29, 0.717) is 0 Å². The fourth-order valence-electron chi connectivity index (χ4n) is 3.68. The maximum absolute atomic E-state index is 3.80. The number of hydrogen-bond acceptors (Lipinski definition) is 0. The lowest BCUT2D eigenvalue weighted by atomic mass is 9.89. The molecule has 0 saturated heterocycles.